The third-order valence-corrected chi connectivity index (χ3v) is 6.24. The van der Waals surface area contributed by atoms with Gasteiger partial charge in [0.25, 0.3) is 0 Å². The average Bonchev–Trinajstić information content (AvgIpc) is 3.28. The number of carbonyl (C=O) groups is 1. The molecule has 1 fully saturated rings. The zero-order valence-corrected chi connectivity index (χ0v) is 18.6. The lowest BCUT2D eigenvalue weighted by molar-refractivity contribution is -0.143. The summed E-state index contributed by atoms with van der Waals surface area (Å²) in [4.78, 5) is 18.6. The third-order valence-electron chi connectivity index (χ3n) is 6.24. The molecule has 1 unspecified atom stereocenters. The molecular weight excluding hydrogens is 390 g/mol. The summed E-state index contributed by atoms with van der Waals surface area (Å²) in [5.41, 5.74) is 4.63. The molecule has 0 bridgehead atoms. The number of fused-ring (bicyclic) bond motifs is 1. The van der Waals surface area contributed by atoms with Gasteiger partial charge in [0.15, 0.2) is 0 Å². The molecule has 0 amide bonds. The minimum atomic E-state index is -0.148. The highest BCUT2D eigenvalue weighted by molar-refractivity contribution is 5.70. The first-order valence-electron chi connectivity index (χ1n) is 11.5. The molecule has 2 aliphatic rings. The number of ether oxygens (including phenoxy) is 2. The molecule has 1 aliphatic heterocycles. The van der Waals surface area contributed by atoms with Crippen LogP contribution in [-0.4, -0.2) is 43.4 Å². The van der Waals surface area contributed by atoms with Gasteiger partial charge in [0.1, 0.15) is 6.10 Å². The van der Waals surface area contributed by atoms with Crippen molar-refractivity contribution in [3.63, 3.8) is 0 Å². The summed E-state index contributed by atoms with van der Waals surface area (Å²) in [5.74, 6) is 0.579. The largest absolute Gasteiger partial charge is 0.474 e. The number of anilines is 1. The number of carbonyl (C=O) groups excluding carboxylic acids is 1. The minimum Gasteiger partial charge on any atom is -0.474 e. The molecule has 31 heavy (non-hydrogen) atoms. The van der Waals surface area contributed by atoms with Crippen molar-refractivity contribution in [1.82, 2.24) is 10.3 Å². The fourth-order valence-corrected chi connectivity index (χ4v) is 4.57. The summed E-state index contributed by atoms with van der Waals surface area (Å²) in [6, 6.07) is 12.6. The molecule has 1 aromatic carbocycles. The van der Waals surface area contributed by atoms with Gasteiger partial charge in [0, 0.05) is 30.9 Å². The Bertz CT molecular complexity index is 895. The van der Waals surface area contributed by atoms with Crippen LogP contribution >= 0.6 is 0 Å². The quantitative estimate of drug-likeness (QED) is 0.638. The maximum Gasteiger partial charge on any atom is 0.307 e. The second-order valence-electron chi connectivity index (χ2n) is 8.40. The van der Waals surface area contributed by atoms with Crippen LogP contribution in [0, 0.1) is 0 Å². The highest BCUT2D eigenvalue weighted by Crippen LogP contribution is 2.33. The van der Waals surface area contributed by atoms with Crippen LogP contribution in [0.4, 0.5) is 5.69 Å². The lowest BCUT2D eigenvalue weighted by Crippen LogP contribution is -2.47. The van der Waals surface area contributed by atoms with E-state index in [9.17, 15) is 4.79 Å². The number of rotatable bonds is 8. The van der Waals surface area contributed by atoms with Gasteiger partial charge in [-0.1, -0.05) is 12.1 Å². The predicted octanol–water partition coefficient (Wildman–Crippen LogP) is 4.32. The van der Waals surface area contributed by atoms with Crippen LogP contribution in [0.15, 0.2) is 36.4 Å². The number of esters is 1. The van der Waals surface area contributed by atoms with Crippen LogP contribution in [0.2, 0.25) is 0 Å². The maximum atomic E-state index is 11.6. The number of pyridine rings is 1. The van der Waals surface area contributed by atoms with Gasteiger partial charge in [0.05, 0.1) is 24.9 Å². The Morgan fingerprint density at radius 3 is 2.84 bits per heavy atom. The summed E-state index contributed by atoms with van der Waals surface area (Å²) in [6.07, 6.45) is 7.68. The van der Waals surface area contributed by atoms with Crippen molar-refractivity contribution in [2.75, 3.05) is 25.1 Å². The van der Waals surface area contributed by atoms with Crippen molar-refractivity contribution in [1.29, 1.82) is 0 Å². The summed E-state index contributed by atoms with van der Waals surface area (Å²) in [5, 5.41) is 3.49. The van der Waals surface area contributed by atoms with Gasteiger partial charge in [-0.05, 0) is 69.2 Å². The first kappa shape index (κ1) is 21.6. The molecule has 1 aliphatic carbocycles. The molecule has 1 saturated carbocycles. The summed E-state index contributed by atoms with van der Waals surface area (Å²) in [6.45, 7) is 2.89. The van der Waals surface area contributed by atoms with E-state index in [2.05, 4.69) is 41.5 Å². The normalized spacial score (nSPS) is 18.6. The fourth-order valence-electron chi connectivity index (χ4n) is 4.57. The third kappa shape index (κ3) is 5.37. The second kappa shape index (κ2) is 10.1. The highest BCUT2D eigenvalue weighted by atomic mass is 16.5. The van der Waals surface area contributed by atoms with E-state index in [0.29, 0.717) is 25.7 Å². The van der Waals surface area contributed by atoms with E-state index in [-0.39, 0.29) is 12.1 Å². The Kier molecular flexibility index (Phi) is 7.07. The highest BCUT2D eigenvalue weighted by Gasteiger charge is 2.24. The number of hydrogen-bond acceptors (Lipinski definition) is 6. The monoisotopic (exact) mass is 423 g/mol. The minimum absolute atomic E-state index is 0.148. The molecule has 6 nitrogen and oxygen atoms in total. The predicted molar refractivity (Wildman–Crippen MR) is 122 cm³/mol. The van der Waals surface area contributed by atoms with Crippen molar-refractivity contribution in [3.8, 4) is 17.1 Å². The molecular formula is C25H33N3O3. The molecule has 166 valence electrons. The van der Waals surface area contributed by atoms with Gasteiger partial charge in [-0.15, -0.1) is 0 Å². The summed E-state index contributed by atoms with van der Waals surface area (Å²) >= 11 is 0. The van der Waals surface area contributed by atoms with Crippen LogP contribution in [0.5, 0.6) is 5.88 Å². The van der Waals surface area contributed by atoms with Crippen LogP contribution in [0.3, 0.4) is 0 Å². The smallest absolute Gasteiger partial charge is 0.307 e. The Labute approximate surface area is 185 Å². The van der Waals surface area contributed by atoms with Crippen LogP contribution in [0.1, 0.15) is 51.0 Å². The molecule has 0 radical (unpaired) electrons. The van der Waals surface area contributed by atoms with Gasteiger partial charge in [-0.25, -0.2) is 4.98 Å². The maximum absolute atomic E-state index is 11.6. The zero-order valence-electron chi connectivity index (χ0n) is 18.6. The Morgan fingerprint density at radius 1 is 1.19 bits per heavy atom. The Morgan fingerprint density at radius 2 is 2.03 bits per heavy atom. The molecule has 1 N–H and O–H groups in total. The molecule has 1 atom stereocenters. The van der Waals surface area contributed by atoms with E-state index in [1.807, 2.05) is 19.1 Å². The first-order chi connectivity index (χ1) is 15.1. The molecule has 2 aromatic rings. The van der Waals surface area contributed by atoms with Gasteiger partial charge < -0.3 is 14.4 Å². The molecule has 0 spiro atoms. The Hall–Kier alpha value is -2.60. The van der Waals surface area contributed by atoms with Crippen LogP contribution in [-0.2, 0) is 16.0 Å². The van der Waals surface area contributed by atoms with Gasteiger partial charge in [0.2, 0.25) is 5.88 Å². The van der Waals surface area contributed by atoms with Crippen LogP contribution < -0.4 is 15.0 Å². The van der Waals surface area contributed by atoms with Crippen molar-refractivity contribution in [3.05, 3.63) is 42.0 Å². The van der Waals surface area contributed by atoms with Crippen molar-refractivity contribution < 1.29 is 14.3 Å². The average molecular weight is 424 g/mol. The lowest BCUT2D eigenvalue weighted by Gasteiger charge is -2.36. The van der Waals surface area contributed by atoms with E-state index in [1.165, 1.54) is 24.1 Å². The molecule has 6 heteroatoms. The zero-order chi connectivity index (χ0) is 21.6. The topological polar surface area (TPSA) is 63.7 Å². The lowest BCUT2D eigenvalue weighted by atomic mass is 9.96. The van der Waals surface area contributed by atoms with Crippen molar-refractivity contribution in [2.24, 2.45) is 0 Å². The molecule has 4 rings (SSSR count). The second-order valence-corrected chi connectivity index (χ2v) is 8.40. The number of aromatic nitrogens is 1. The van der Waals surface area contributed by atoms with Crippen molar-refractivity contribution >= 4 is 11.7 Å². The number of hydrogen-bond donors (Lipinski definition) is 1. The molecule has 1 aromatic heterocycles. The SMILES string of the molecule is CCOC(=O)CCNC1CCc2cc(-c3cccc(OC4CCCC4)n3)ccc2N1C. The number of nitrogens with one attached hydrogen (secondary N) is 1. The van der Waals surface area contributed by atoms with E-state index in [4.69, 9.17) is 14.5 Å². The number of benzene rings is 1. The summed E-state index contributed by atoms with van der Waals surface area (Å²) < 4.78 is 11.1. The number of nitrogens with zero attached hydrogens (tertiary/aromatic N) is 2. The molecule has 2 heterocycles. The van der Waals surface area contributed by atoms with Crippen LogP contribution in [0.25, 0.3) is 11.3 Å². The molecule has 0 saturated heterocycles. The van der Waals surface area contributed by atoms with E-state index in [0.717, 1.165) is 42.8 Å². The van der Waals surface area contributed by atoms with Gasteiger partial charge >= 0.3 is 5.97 Å². The van der Waals surface area contributed by atoms with E-state index < -0.39 is 0 Å². The van der Waals surface area contributed by atoms with Gasteiger partial charge in [-0.2, -0.15) is 0 Å². The van der Waals surface area contributed by atoms with E-state index in [1.54, 1.807) is 0 Å². The fraction of sp³-hybridized carbons (Fsp3) is 0.520. The number of aryl methyl sites for hydroxylation is 1. The standard InChI is InChI=1S/C25H33N3O3/c1-3-30-25(29)15-16-26-23-14-12-19-17-18(11-13-22(19)28(23)2)21-9-6-10-24(27-21)31-20-7-4-5-8-20/h6,9-11,13,17,20,23,26H,3-5,7-8,12,14-16H2,1-2H3. The first-order valence-corrected chi connectivity index (χ1v) is 11.5. The van der Waals surface area contributed by atoms with Gasteiger partial charge in [-0.3, -0.25) is 10.1 Å². The van der Waals surface area contributed by atoms with Crippen molar-refractivity contribution in [2.45, 2.75) is 64.1 Å². The summed E-state index contributed by atoms with van der Waals surface area (Å²) in [7, 11) is 2.11. The Balaban J connectivity index is 1.41. The van der Waals surface area contributed by atoms with E-state index >= 15 is 0 Å².